The zero-order chi connectivity index (χ0) is 14.2. The topological polar surface area (TPSA) is 55.1 Å². The van der Waals surface area contributed by atoms with Gasteiger partial charge in [-0.25, -0.2) is 0 Å². The van der Waals surface area contributed by atoms with Gasteiger partial charge in [-0.3, -0.25) is 4.79 Å². The number of nitrogens with one attached hydrogen (secondary N) is 1. The molecular formula is C17H27ClN2O. The molecule has 118 valence electrons. The molecule has 4 heteroatoms. The van der Waals surface area contributed by atoms with Gasteiger partial charge in [0.2, 0.25) is 5.91 Å². The first-order chi connectivity index (χ1) is 9.77. The van der Waals surface area contributed by atoms with Crippen molar-refractivity contribution in [3.63, 3.8) is 0 Å². The standard InChI is InChI=1S/C17H26N2O.ClH/c18-16(14-9-7-4-8-10-14)13-19-17(20)15-11-5-2-1-3-6-12-15;/h4,7-10,15-16H,1-3,5-6,11-13,18H2,(H,19,20);1H. The van der Waals surface area contributed by atoms with Gasteiger partial charge >= 0.3 is 0 Å². The van der Waals surface area contributed by atoms with Crippen molar-refractivity contribution in [3.05, 3.63) is 35.9 Å². The lowest BCUT2D eigenvalue weighted by Crippen LogP contribution is -2.36. The Morgan fingerprint density at radius 2 is 1.67 bits per heavy atom. The predicted molar refractivity (Wildman–Crippen MR) is 89.4 cm³/mol. The summed E-state index contributed by atoms with van der Waals surface area (Å²) in [6.45, 7) is 0.527. The van der Waals surface area contributed by atoms with Gasteiger partial charge in [-0.2, -0.15) is 0 Å². The highest BCUT2D eigenvalue weighted by atomic mass is 35.5. The first-order valence-corrected chi connectivity index (χ1v) is 7.85. The summed E-state index contributed by atoms with van der Waals surface area (Å²) in [6, 6.07) is 9.83. The third kappa shape index (κ3) is 6.06. The molecular weight excluding hydrogens is 284 g/mol. The zero-order valence-corrected chi connectivity index (χ0v) is 13.4. The Hall–Kier alpha value is -1.06. The first-order valence-electron chi connectivity index (χ1n) is 7.85. The maximum atomic E-state index is 12.2. The third-order valence-corrected chi connectivity index (χ3v) is 4.20. The zero-order valence-electron chi connectivity index (χ0n) is 12.6. The van der Waals surface area contributed by atoms with Crippen molar-refractivity contribution in [2.75, 3.05) is 6.54 Å². The smallest absolute Gasteiger partial charge is 0.223 e. The highest BCUT2D eigenvalue weighted by Gasteiger charge is 2.19. The molecule has 0 bridgehead atoms. The van der Waals surface area contributed by atoms with Crippen LogP contribution in [-0.2, 0) is 4.79 Å². The van der Waals surface area contributed by atoms with E-state index >= 15 is 0 Å². The molecule has 1 atom stereocenters. The summed E-state index contributed by atoms with van der Waals surface area (Å²) in [5, 5.41) is 3.03. The molecule has 3 nitrogen and oxygen atoms in total. The number of carbonyl (C=O) groups is 1. The van der Waals surface area contributed by atoms with E-state index in [0.717, 1.165) is 18.4 Å². The summed E-state index contributed by atoms with van der Waals surface area (Å²) < 4.78 is 0. The first kappa shape index (κ1) is 18.0. The van der Waals surface area contributed by atoms with Crippen LogP contribution < -0.4 is 11.1 Å². The van der Waals surface area contributed by atoms with Crippen LogP contribution in [0.25, 0.3) is 0 Å². The van der Waals surface area contributed by atoms with Crippen LogP contribution in [0.3, 0.4) is 0 Å². The van der Waals surface area contributed by atoms with Crippen LogP contribution in [0.2, 0.25) is 0 Å². The van der Waals surface area contributed by atoms with Crippen molar-refractivity contribution in [2.24, 2.45) is 11.7 Å². The van der Waals surface area contributed by atoms with Gasteiger partial charge in [0.15, 0.2) is 0 Å². The molecule has 0 aromatic heterocycles. The highest BCUT2D eigenvalue weighted by Crippen LogP contribution is 2.22. The Kier molecular flexibility index (Phi) is 8.40. The van der Waals surface area contributed by atoms with Gasteiger partial charge in [0, 0.05) is 18.5 Å². The van der Waals surface area contributed by atoms with Crippen LogP contribution >= 0.6 is 12.4 Å². The molecule has 3 N–H and O–H groups in total. The SMILES string of the molecule is Cl.NC(CNC(=O)C1CCCCCCC1)c1ccccc1. The van der Waals surface area contributed by atoms with Gasteiger partial charge in [0.1, 0.15) is 0 Å². The summed E-state index contributed by atoms with van der Waals surface area (Å²) in [5.74, 6) is 0.386. The Balaban J connectivity index is 0.00000220. The molecule has 1 aliphatic carbocycles. The van der Waals surface area contributed by atoms with Gasteiger partial charge < -0.3 is 11.1 Å². The van der Waals surface area contributed by atoms with Crippen LogP contribution in [0.5, 0.6) is 0 Å². The molecule has 1 unspecified atom stereocenters. The molecule has 1 aliphatic rings. The third-order valence-electron chi connectivity index (χ3n) is 4.20. The molecule has 21 heavy (non-hydrogen) atoms. The van der Waals surface area contributed by atoms with E-state index in [1.165, 1.54) is 32.1 Å². The summed E-state index contributed by atoms with van der Waals surface area (Å²) in [4.78, 5) is 12.2. The molecule has 0 saturated heterocycles. The van der Waals surface area contributed by atoms with Crippen molar-refractivity contribution >= 4 is 18.3 Å². The number of nitrogens with two attached hydrogens (primary N) is 1. The highest BCUT2D eigenvalue weighted by molar-refractivity contribution is 5.85. The summed E-state index contributed by atoms with van der Waals surface area (Å²) in [5.41, 5.74) is 7.19. The molecule has 0 radical (unpaired) electrons. The molecule has 1 aromatic carbocycles. The minimum atomic E-state index is -0.117. The van der Waals surface area contributed by atoms with E-state index in [9.17, 15) is 4.79 Å². The molecule has 0 spiro atoms. The van der Waals surface area contributed by atoms with E-state index in [2.05, 4.69) is 5.32 Å². The number of rotatable bonds is 4. The molecule has 2 rings (SSSR count). The number of hydrogen-bond acceptors (Lipinski definition) is 2. The average Bonchev–Trinajstić information content (AvgIpc) is 2.45. The quantitative estimate of drug-likeness (QED) is 0.893. The average molecular weight is 311 g/mol. The van der Waals surface area contributed by atoms with Crippen molar-refractivity contribution < 1.29 is 4.79 Å². The van der Waals surface area contributed by atoms with Crippen molar-refractivity contribution in [1.29, 1.82) is 0 Å². The Bertz CT molecular complexity index is 403. The molecule has 0 heterocycles. The van der Waals surface area contributed by atoms with E-state index in [4.69, 9.17) is 5.73 Å². The molecule has 1 amide bonds. The molecule has 1 saturated carbocycles. The van der Waals surface area contributed by atoms with Crippen LogP contribution in [-0.4, -0.2) is 12.5 Å². The summed E-state index contributed by atoms with van der Waals surface area (Å²) in [7, 11) is 0. The Morgan fingerprint density at radius 3 is 2.29 bits per heavy atom. The maximum absolute atomic E-state index is 12.2. The molecule has 1 fully saturated rings. The van der Waals surface area contributed by atoms with E-state index in [1.54, 1.807) is 0 Å². The fourth-order valence-corrected chi connectivity index (χ4v) is 2.89. The van der Waals surface area contributed by atoms with Gasteiger partial charge in [-0.15, -0.1) is 12.4 Å². The molecule has 0 aliphatic heterocycles. The summed E-state index contributed by atoms with van der Waals surface area (Å²) >= 11 is 0. The summed E-state index contributed by atoms with van der Waals surface area (Å²) in [6.07, 6.45) is 8.30. The fourth-order valence-electron chi connectivity index (χ4n) is 2.89. The van der Waals surface area contributed by atoms with E-state index in [1.807, 2.05) is 30.3 Å². The second-order valence-corrected chi connectivity index (χ2v) is 5.80. The maximum Gasteiger partial charge on any atom is 0.223 e. The largest absolute Gasteiger partial charge is 0.354 e. The van der Waals surface area contributed by atoms with Crippen LogP contribution in [0.4, 0.5) is 0 Å². The van der Waals surface area contributed by atoms with Crippen LogP contribution in [0.1, 0.15) is 56.6 Å². The number of amides is 1. The predicted octanol–water partition coefficient (Wildman–Crippen LogP) is 3.58. The van der Waals surface area contributed by atoms with E-state index in [-0.39, 0.29) is 30.3 Å². The Morgan fingerprint density at radius 1 is 1.10 bits per heavy atom. The second-order valence-electron chi connectivity index (χ2n) is 5.80. The van der Waals surface area contributed by atoms with Crippen molar-refractivity contribution in [3.8, 4) is 0 Å². The van der Waals surface area contributed by atoms with Gasteiger partial charge in [0.25, 0.3) is 0 Å². The van der Waals surface area contributed by atoms with Crippen molar-refractivity contribution in [1.82, 2.24) is 5.32 Å². The normalized spacial score (nSPS) is 18.0. The van der Waals surface area contributed by atoms with Crippen LogP contribution in [0, 0.1) is 5.92 Å². The van der Waals surface area contributed by atoms with E-state index < -0.39 is 0 Å². The number of carbonyl (C=O) groups excluding carboxylic acids is 1. The van der Waals surface area contributed by atoms with E-state index in [0.29, 0.717) is 6.54 Å². The minimum Gasteiger partial charge on any atom is -0.354 e. The van der Waals surface area contributed by atoms with Gasteiger partial charge in [-0.1, -0.05) is 62.4 Å². The fraction of sp³-hybridized carbons (Fsp3) is 0.588. The lowest BCUT2D eigenvalue weighted by Gasteiger charge is -2.20. The Labute approximate surface area is 134 Å². The number of halogens is 1. The van der Waals surface area contributed by atoms with Gasteiger partial charge in [0.05, 0.1) is 0 Å². The monoisotopic (exact) mass is 310 g/mol. The van der Waals surface area contributed by atoms with Crippen LogP contribution in [0.15, 0.2) is 30.3 Å². The lowest BCUT2D eigenvalue weighted by atomic mass is 9.90. The van der Waals surface area contributed by atoms with Crippen molar-refractivity contribution in [2.45, 2.75) is 51.0 Å². The number of hydrogen-bond donors (Lipinski definition) is 2. The lowest BCUT2D eigenvalue weighted by molar-refractivity contribution is -0.125. The second kappa shape index (κ2) is 9.80. The van der Waals surface area contributed by atoms with Gasteiger partial charge in [-0.05, 0) is 18.4 Å². The molecule has 1 aromatic rings. The number of benzene rings is 1. The minimum absolute atomic E-state index is 0.